The summed E-state index contributed by atoms with van der Waals surface area (Å²) >= 11 is 0. The lowest BCUT2D eigenvalue weighted by molar-refractivity contribution is -0.148. The Labute approximate surface area is 224 Å². The molecule has 6 rings (SSSR count). The van der Waals surface area contributed by atoms with Crippen molar-refractivity contribution in [2.24, 2.45) is 11.8 Å². The maximum absolute atomic E-state index is 14.1. The van der Waals surface area contributed by atoms with Gasteiger partial charge in [0.2, 0.25) is 11.8 Å². The Morgan fingerprint density at radius 3 is 2.56 bits per heavy atom. The number of aliphatic carboxylic acids is 1. The first-order chi connectivity index (χ1) is 18.8. The van der Waals surface area contributed by atoms with Gasteiger partial charge in [-0.1, -0.05) is 42.5 Å². The van der Waals surface area contributed by atoms with Gasteiger partial charge in [-0.05, 0) is 42.3 Å². The lowest BCUT2D eigenvalue weighted by Gasteiger charge is -2.31. The van der Waals surface area contributed by atoms with Gasteiger partial charge in [0.1, 0.15) is 5.54 Å². The molecule has 1 aromatic heterocycles. The summed E-state index contributed by atoms with van der Waals surface area (Å²) < 4.78 is 5.28. The minimum Gasteiger partial charge on any atom is -0.504 e. The number of carbonyl (C=O) groups excluding carboxylic acids is 2. The number of nitrogens with one attached hydrogen (secondary N) is 2. The third kappa shape index (κ3) is 3.61. The van der Waals surface area contributed by atoms with Gasteiger partial charge in [0, 0.05) is 35.1 Å². The third-order valence-corrected chi connectivity index (χ3v) is 8.03. The molecule has 2 fully saturated rings. The predicted octanol–water partition coefficient (Wildman–Crippen LogP) is 3.71. The van der Waals surface area contributed by atoms with E-state index < -0.39 is 41.2 Å². The number of aromatic nitrogens is 1. The number of amides is 2. The molecule has 39 heavy (non-hydrogen) atoms. The molecule has 0 radical (unpaired) electrons. The number of aryl methyl sites for hydroxylation is 1. The molecule has 2 saturated heterocycles. The number of nitrogens with zero attached hydrogens (tertiary/aromatic N) is 1. The Bertz CT molecular complexity index is 1640. The van der Waals surface area contributed by atoms with Crippen LogP contribution in [0.15, 0.2) is 72.9 Å². The zero-order chi connectivity index (χ0) is 27.5. The molecule has 4 N–H and O–H groups in total. The number of H-pyrrole nitrogens is 1. The molecule has 198 valence electrons. The molecule has 0 saturated carbocycles. The van der Waals surface area contributed by atoms with Crippen LogP contribution in [0.1, 0.15) is 22.7 Å². The highest BCUT2D eigenvalue weighted by Crippen LogP contribution is 2.53. The van der Waals surface area contributed by atoms with Gasteiger partial charge in [0.15, 0.2) is 11.5 Å². The first-order valence-electron chi connectivity index (χ1n) is 12.6. The lowest BCUT2D eigenvalue weighted by atomic mass is 9.76. The van der Waals surface area contributed by atoms with Gasteiger partial charge in [-0.15, -0.1) is 0 Å². The van der Waals surface area contributed by atoms with E-state index in [0.29, 0.717) is 16.8 Å². The predicted molar refractivity (Wildman–Crippen MR) is 144 cm³/mol. The fraction of sp³-hybridized carbons (Fsp3) is 0.233. The largest absolute Gasteiger partial charge is 0.504 e. The van der Waals surface area contributed by atoms with E-state index in [2.05, 4.69) is 10.3 Å². The highest BCUT2D eigenvalue weighted by Gasteiger charge is 2.69. The number of carboxylic acids is 1. The zero-order valence-corrected chi connectivity index (χ0v) is 21.3. The number of anilines is 1. The highest BCUT2D eigenvalue weighted by molar-refractivity contribution is 6.24. The molecule has 2 amide bonds. The second-order valence-electron chi connectivity index (χ2n) is 10.2. The molecule has 2 aliphatic rings. The number of fused-ring (bicyclic) bond motifs is 2. The number of phenolic OH excluding ortho intramolecular Hbond substituents is 1. The number of rotatable bonds is 6. The Balaban J connectivity index is 1.54. The Hall–Kier alpha value is -4.63. The summed E-state index contributed by atoms with van der Waals surface area (Å²) in [6, 6.07) is 18.4. The summed E-state index contributed by atoms with van der Waals surface area (Å²) in [5.74, 6) is -4.68. The van der Waals surface area contributed by atoms with Crippen molar-refractivity contribution in [1.29, 1.82) is 0 Å². The van der Waals surface area contributed by atoms with Gasteiger partial charge >= 0.3 is 5.97 Å². The van der Waals surface area contributed by atoms with Crippen molar-refractivity contribution in [2.75, 3.05) is 12.0 Å². The first kappa shape index (κ1) is 24.7. The van der Waals surface area contributed by atoms with Crippen LogP contribution in [0.3, 0.4) is 0 Å². The second kappa shape index (κ2) is 8.99. The summed E-state index contributed by atoms with van der Waals surface area (Å²) in [7, 11) is 1.41. The molecule has 0 bridgehead atoms. The van der Waals surface area contributed by atoms with E-state index in [4.69, 9.17) is 4.74 Å². The molecule has 0 spiro atoms. The van der Waals surface area contributed by atoms with E-state index in [9.17, 15) is 24.6 Å². The molecule has 9 nitrogen and oxygen atoms in total. The van der Waals surface area contributed by atoms with Gasteiger partial charge in [0.05, 0.1) is 24.6 Å². The lowest BCUT2D eigenvalue weighted by Crippen LogP contribution is -2.57. The zero-order valence-electron chi connectivity index (χ0n) is 21.3. The van der Waals surface area contributed by atoms with Crippen LogP contribution in [-0.2, 0) is 20.8 Å². The van der Waals surface area contributed by atoms with Gasteiger partial charge in [-0.3, -0.25) is 19.7 Å². The average molecular weight is 526 g/mol. The molecule has 0 unspecified atom stereocenters. The minimum absolute atomic E-state index is 0.0601. The number of methoxy groups -OCH3 is 1. The molecule has 0 aliphatic carbocycles. The number of imide groups is 1. The van der Waals surface area contributed by atoms with Crippen molar-refractivity contribution in [3.8, 4) is 11.5 Å². The van der Waals surface area contributed by atoms with Crippen molar-refractivity contribution < 1.29 is 29.3 Å². The average Bonchev–Trinajstić information content (AvgIpc) is 3.56. The van der Waals surface area contributed by atoms with Crippen LogP contribution in [0.5, 0.6) is 11.5 Å². The summed E-state index contributed by atoms with van der Waals surface area (Å²) in [6.45, 7) is 1.85. The van der Waals surface area contributed by atoms with Crippen LogP contribution in [0.2, 0.25) is 0 Å². The molecule has 4 atom stereocenters. The van der Waals surface area contributed by atoms with E-state index in [0.717, 1.165) is 21.4 Å². The smallest absolute Gasteiger partial charge is 0.325 e. The van der Waals surface area contributed by atoms with E-state index in [-0.39, 0.29) is 17.9 Å². The van der Waals surface area contributed by atoms with Crippen molar-refractivity contribution in [3.05, 3.63) is 89.6 Å². The van der Waals surface area contributed by atoms with E-state index in [1.165, 1.54) is 7.11 Å². The Morgan fingerprint density at radius 1 is 1.05 bits per heavy atom. The summed E-state index contributed by atoms with van der Waals surface area (Å²) in [5, 5.41) is 25.8. The number of hydrogen-bond acceptors (Lipinski definition) is 6. The number of ether oxygens (including phenoxy) is 1. The molecule has 3 aromatic carbocycles. The number of hydrogen-bond donors (Lipinski definition) is 4. The van der Waals surface area contributed by atoms with Crippen molar-refractivity contribution in [1.82, 2.24) is 10.3 Å². The van der Waals surface area contributed by atoms with Gasteiger partial charge < -0.3 is 19.9 Å². The molecular formula is C30H27N3O6. The van der Waals surface area contributed by atoms with Crippen molar-refractivity contribution >= 4 is 34.4 Å². The fourth-order valence-corrected chi connectivity index (χ4v) is 6.26. The van der Waals surface area contributed by atoms with Crippen LogP contribution >= 0.6 is 0 Å². The Kier molecular flexibility index (Phi) is 5.69. The van der Waals surface area contributed by atoms with Crippen molar-refractivity contribution in [2.45, 2.75) is 24.9 Å². The topological polar surface area (TPSA) is 132 Å². The maximum Gasteiger partial charge on any atom is 0.325 e. The normalized spacial score (nSPS) is 24.4. The molecule has 2 aliphatic heterocycles. The van der Waals surface area contributed by atoms with Crippen LogP contribution in [-0.4, -0.2) is 45.6 Å². The number of carboxylic acid groups (broad SMARTS) is 1. The summed E-state index contributed by atoms with van der Waals surface area (Å²) in [4.78, 5) is 45.6. The SMILES string of the molecule is COc1cccc([C@@H]2N[C@](Cc3c[nH]c4ccccc34)(C(=O)O)[C@H]3C(=O)N(c4cccc(C)c4)C(=O)[C@H]23)c1O. The highest BCUT2D eigenvalue weighted by atomic mass is 16.5. The number of para-hydroxylation sites is 2. The van der Waals surface area contributed by atoms with Crippen molar-refractivity contribution in [3.63, 3.8) is 0 Å². The maximum atomic E-state index is 14.1. The quantitative estimate of drug-likeness (QED) is 0.282. The number of carbonyl (C=O) groups is 3. The number of aromatic amines is 1. The first-order valence-corrected chi connectivity index (χ1v) is 12.6. The minimum atomic E-state index is -1.83. The number of aromatic hydroxyl groups is 1. The van der Waals surface area contributed by atoms with Gasteiger partial charge in [0.25, 0.3) is 0 Å². The van der Waals surface area contributed by atoms with Gasteiger partial charge in [-0.2, -0.15) is 0 Å². The monoisotopic (exact) mass is 525 g/mol. The van der Waals surface area contributed by atoms with E-state index in [1.54, 1.807) is 42.6 Å². The van der Waals surface area contributed by atoms with E-state index in [1.807, 2.05) is 37.3 Å². The molecule has 4 aromatic rings. The third-order valence-electron chi connectivity index (χ3n) is 8.03. The summed E-state index contributed by atoms with van der Waals surface area (Å²) in [5.41, 5.74) is 1.23. The molecule has 9 heteroatoms. The number of phenols is 1. The van der Waals surface area contributed by atoms with Crippen LogP contribution in [0.4, 0.5) is 5.69 Å². The van der Waals surface area contributed by atoms with Crippen LogP contribution < -0.4 is 15.0 Å². The summed E-state index contributed by atoms with van der Waals surface area (Å²) in [6.07, 6.45) is 1.68. The van der Waals surface area contributed by atoms with Gasteiger partial charge in [-0.25, -0.2) is 4.90 Å². The molecular weight excluding hydrogens is 498 g/mol. The Morgan fingerprint density at radius 2 is 1.82 bits per heavy atom. The standard InChI is InChI=1S/C30H27N3O6/c1-16-7-5-8-18(13-16)33-27(35)23-24(28(33)36)30(29(37)38,14-17-15-31-21-11-4-3-9-19(17)21)32-25(23)20-10-6-12-22(39-2)26(20)34/h3-13,15,23-25,31-32,34H,14H2,1-2H3,(H,37,38)/t23-,24+,25-,30-/m0/s1. The second-order valence-corrected chi connectivity index (χ2v) is 10.2. The van der Waals surface area contributed by atoms with Crippen LogP contribution in [0, 0.1) is 18.8 Å². The van der Waals surface area contributed by atoms with Crippen LogP contribution in [0.25, 0.3) is 10.9 Å². The molecule has 3 heterocycles. The fourth-order valence-electron chi connectivity index (χ4n) is 6.26. The van der Waals surface area contributed by atoms with E-state index >= 15 is 0 Å². The number of benzene rings is 3.